The maximum Gasteiger partial charge on any atom is 0.405 e. The van der Waals surface area contributed by atoms with E-state index in [9.17, 15) is 9.59 Å². The Labute approximate surface area is 104 Å². The molecule has 1 saturated carbocycles. The standard InChI is InChI=1S/C13H12N2O3/c14-6-8-1-3-9(4-2-8)10-5-11(10)12(16)7-15-13(17)18/h1-4,10-11,15H,5,7H2,(H,17,18). The fraction of sp³-hybridized carbons (Fsp3) is 0.308. The Bertz CT molecular complexity index is 516. The van der Waals surface area contributed by atoms with Gasteiger partial charge in [0.15, 0.2) is 5.78 Å². The Balaban J connectivity index is 1.92. The van der Waals surface area contributed by atoms with Crippen LogP contribution in [0.4, 0.5) is 4.79 Å². The van der Waals surface area contributed by atoms with Gasteiger partial charge in [0, 0.05) is 5.92 Å². The van der Waals surface area contributed by atoms with Crippen molar-refractivity contribution in [2.24, 2.45) is 5.92 Å². The molecule has 0 aromatic heterocycles. The lowest BCUT2D eigenvalue weighted by Crippen LogP contribution is -2.28. The van der Waals surface area contributed by atoms with E-state index >= 15 is 0 Å². The summed E-state index contributed by atoms with van der Waals surface area (Å²) in [5.41, 5.74) is 1.62. The summed E-state index contributed by atoms with van der Waals surface area (Å²) in [6.07, 6.45) is -0.426. The van der Waals surface area contributed by atoms with Crippen LogP contribution in [0.5, 0.6) is 0 Å². The van der Waals surface area contributed by atoms with Crippen molar-refractivity contribution in [2.45, 2.75) is 12.3 Å². The first-order valence-electron chi connectivity index (χ1n) is 5.61. The molecular weight excluding hydrogens is 232 g/mol. The molecule has 5 nitrogen and oxygen atoms in total. The maximum atomic E-state index is 11.6. The molecule has 1 aliphatic rings. The first-order chi connectivity index (χ1) is 8.61. The minimum atomic E-state index is -1.18. The second-order valence-electron chi connectivity index (χ2n) is 4.31. The molecular formula is C13H12N2O3. The highest BCUT2D eigenvalue weighted by Crippen LogP contribution is 2.47. The molecule has 0 heterocycles. The van der Waals surface area contributed by atoms with Crippen LogP contribution in [0.2, 0.25) is 0 Å². The summed E-state index contributed by atoms with van der Waals surface area (Å²) < 4.78 is 0. The molecule has 0 spiro atoms. The van der Waals surface area contributed by atoms with Crippen molar-refractivity contribution in [3.05, 3.63) is 35.4 Å². The molecule has 92 valence electrons. The van der Waals surface area contributed by atoms with E-state index in [1.807, 2.05) is 18.2 Å². The quantitative estimate of drug-likeness (QED) is 0.839. The summed E-state index contributed by atoms with van der Waals surface area (Å²) in [5, 5.41) is 19.2. The predicted molar refractivity (Wildman–Crippen MR) is 63.0 cm³/mol. The highest BCUT2D eigenvalue weighted by atomic mass is 16.4. The molecule has 1 aliphatic carbocycles. The molecule has 0 aliphatic heterocycles. The summed E-state index contributed by atoms with van der Waals surface area (Å²) in [4.78, 5) is 21.9. The average molecular weight is 244 g/mol. The van der Waals surface area contributed by atoms with E-state index in [0.717, 1.165) is 12.0 Å². The number of carboxylic acid groups (broad SMARTS) is 1. The van der Waals surface area contributed by atoms with Crippen LogP contribution in [0.1, 0.15) is 23.5 Å². The summed E-state index contributed by atoms with van der Waals surface area (Å²) in [5.74, 6) is -0.00242. The molecule has 1 amide bonds. The van der Waals surface area contributed by atoms with Crippen LogP contribution in [0, 0.1) is 17.2 Å². The van der Waals surface area contributed by atoms with Crippen LogP contribution < -0.4 is 5.32 Å². The summed E-state index contributed by atoms with van der Waals surface area (Å²) in [6, 6.07) is 9.19. The lowest BCUT2D eigenvalue weighted by Gasteiger charge is -2.01. The number of carbonyl (C=O) groups excluding carboxylic acids is 1. The fourth-order valence-corrected chi connectivity index (χ4v) is 2.02. The van der Waals surface area contributed by atoms with E-state index in [1.165, 1.54) is 0 Å². The van der Waals surface area contributed by atoms with Gasteiger partial charge < -0.3 is 10.4 Å². The van der Waals surface area contributed by atoms with Gasteiger partial charge in [-0.2, -0.15) is 5.26 Å². The summed E-state index contributed by atoms with van der Waals surface area (Å²) in [6.45, 7) is -0.132. The van der Waals surface area contributed by atoms with Crippen molar-refractivity contribution in [3.8, 4) is 6.07 Å². The first-order valence-corrected chi connectivity index (χ1v) is 5.61. The van der Waals surface area contributed by atoms with Gasteiger partial charge in [0.05, 0.1) is 18.2 Å². The monoisotopic (exact) mass is 244 g/mol. The van der Waals surface area contributed by atoms with Crippen molar-refractivity contribution in [3.63, 3.8) is 0 Å². The van der Waals surface area contributed by atoms with Crippen LogP contribution in [0.25, 0.3) is 0 Å². The van der Waals surface area contributed by atoms with E-state index in [0.29, 0.717) is 5.56 Å². The van der Waals surface area contributed by atoms with Crippen molar-refractivity contribution < 1.29 is 14.7 Å². The smallest absolute Gasteiger partial charge is 0.405 e. The molecule has 2 unspecified atom stereocenters. The summed E-state index contributed by atoms with van der Waals surface area (Å²) in [7, 11) is 0. The zero-order valence-electron chi connectivity index (χ0n) is 9.59. The highest BCUT2D eigenvalue weighted by molar-refractivity contribution is 5.88. The Hall–Kier alpha value is -2.35. The van der Waals surface area contributed by atoms with Gasteiger partial charge in [-0.05, 0) is 30.0 Å². The second-order valence-corrected chi connectivity index (χ2v) is 4.31. The molecule has 0 bridgehead atoms. The fourth-order valence-electron chi connectivity index (χ4n) is 2.02. The van der Waals surface area contributed by atoms with Crippen LogP contribution >= 0.6 is 0 Å². The minimum Gasteiger partial charge on any atom is -0.465 e. The molecule has 1 fully saturated rings. The third-order valence-electron chi connectivity index (χ3n) is 3.09. The largest absolute Gasteiger partial charge is 0.465 e. The molecule has 0 radical (unpaired) electrons. The number of hydrogen-bond acceptors (Lipinski definition) is 3. The van der Waals surface area contributed by atoms with Crippen LogP contribution in [-0.2, 0) is 4.79 Å². The predicted octanol–water partition coefficient (Wildman–Crippen LogP) is 1.50. The average Bonchev–Trinajstić information content (AvgIpc) is 3.16. The van der Waals surface area contributed by atoms with Gasteiger partial charge in [-0.3, -0.25) is 4.79 Å². The SMILES string of the molecule is N#Cc1ccc(C2CC2C(=O)CNC(=O)O)cc1. The molecule has 18 heavy (non-hydrogen) atoms. The number of nitriles is 1. The molecule has 0 saturated heterocycles. The second kappa shape index (κ2) is 4.88. The van der Waals surface area contributed by atoms with Crippen molar-refractivity contribution in [1.29, 1.82) is 5.26 Å². The number of benzene rings is 1. The summed E-state index contributed by atoms with van der Waals surface area (Å²) >= 11 is 0. The van der Waals surface area contributed by atoms with Gasteiger partial charge in [-0.1, -0.05) is 12.1 Å². The number of ketones is 1. The Morgan fingerprint density at radius 1 is 1.39 bits per heavy atom. The number of Topliss-reactive ketones (excluding diaryl/α,β-unsaturated/α-hetero) is 1. The third-order valence-corrected chi connectivity index (χ3v) is 3.09. The Morgan fingerprint density at radius 2 is 2.06 bits per heavy atom. The van der Waals surface area contributed by atoms with E-state index in [1.54, 1.807) is 12.1 Å². The van der Waals surface area contributed by atoms with E-state index in [2.05, 4.69) is 5.32 Å². The number of hydrogen-bond donors (Lipinski definition) is 2. The number of amides is 1. The van der Waals surface area contributed by atoms with E-state index < -0.39 is 6.09 Å². The third kappa shape index (κ3) is 2.66. The van der Waals surface area contributed by atoms with Gasteiger partial charge in [0.25, 0.3) is 0 Å². The highest BCUT2D eigenvalue weighted by Gasteiger charge is 2.43. The van der Waals surface area contributed by atoms with Crippen LogP contribution in [0.3, 0.4) is 0 Å². The molecule has 2 N–H and O–H groups in total. The number of rotatable bonds is 4. The lowest BCUT2D eigenvalue weighted by molar-refractivity contribution is -0.119. The lowest BCUT2D eigenvalue weighted by atomic mass is 10.1. The molecule has 2 rings (SSSR count). The van der Waals surface area contributed by atoms with E-state index in [-0.39, 0.29) is 24.2 Å². The van der Waals surface area contributed by atoms with Crippen molar-refractivity contribution in [2.75, 3.05) is 6.54 Å². The minimum absolute atomic E-state index is 0.0771. The van der Waals surface area contributed by atoms with Gasteiger partial charge in [0.2, 0.25) is 0 Å². The van der Waals surface area contributed by atoms with Crippen molar-refractivity contribution in [1.82, 2.24) is 5.32 Å². The zero-order chi connectivity index (χ0) is 13.1. The molecule has 5 heteroatoms. The normalized spacial score (nSPS) is 20.8. The number of nitrogens with one attached hydrogen (secondary N) is 1. The molecule has 1 aromatic rings. The van der Waals surface area contributed by atoms with Crippen LogP contribution in [0.15, 0.2) is 24.3 Å². The van der Waals surface area contributed by atoms with Gasteiger partial charge in [0.1, 0.15) is 0 Å². The molecule has 1 aromatic carbocycles. The molecule has 2 atom stereocenters. The Kier molecular flexibility index (Phi) is 3.28. The van der Waals surface area contributed by atoms with E-state index in [4.69, 9.17) is 10.4 Å². The van der Waals surface area contributed by atoms with Gasteiger partial charge in [-0.25, -0.2) is 4.79 Å². The number of carbonyl (C=O) groups is 2. The van der Waals surface area contributed by atoms with Crippen LogP contribution in [-0.4, -0.2) is 23.5 Å². The van der Waals surface area contributed by atoms with Gasteiger partial charge >= 0.3 is 6.09 Å². The maximum absolute atomic E-state index is 11.6. The zero-order valence-corrected chi connectivity index (χ0v) is 9.59. The topological polar surface area (TPSA) is 90.2 Å². The van der Waals surface area contributed by atoms with Crippen molar-refractivity contribution >= 4 is 11.9 Å². The first kappa shape index (κ1) is 12.1. The number of nitrogens with zero attached hydrogens (tertiary/aromatic N) is 1. The Morgan fingerprint density at radius 3 is 2.61 bits per heavy atom. The van der Waals surface area contributed by atoms with Gasteiger partial charge in [-0.15, -0.1) is 0 Å².